The van der Waals surface area contributed by atoms with Crippen LogP contribution in [0.3, 0.4) is 0 Å². The molecule has 4 rings (SSSR count). The fourth-order valence-electron chi connectivity index (χ4n) is 4.11. The van der Waals surface area contributed by atoms with E-state index in [0.29, 0.717) is 18.7 Å². The number of rotatable bonds is 9. The summed E-state index contributed by atoms with van der Waals surface area (Å²) in [6.45, 7) is 1.14. The van der Waals surface area contributed by atoms with E-state index in [1.807, 2.05) is 12.1 Å². The minimum absolute atomic E-state index is 0. The maximum atomic E-state index is 13.8. The van der Waals surface area contributed by atoms with Gasteiger partial charge in [0.15, 0.2) is 0 Å². The second kappa shape index (κ2) is 10.7. The number of sulfonamides is 1. The summed E-state index contributed by atoms with van der Waals surface area (Å²) in [7, 11) is -3.61. The van der Waals surface area contributed by atoms with Gasteiger partial charge in [-0.3, -0.25) is 4.72 Å². The molecule has 1 atom stereocenters. The van der Waals surface area contributed by atoms with Crippen molar-refractivity contribution in [2.45, 2.75) is 31.8 Å². The van der Waals surface area contributed by atoms with E-state index >= 15 is 0 Å². The Labute approximate surface area is 199 Å². The third-order valence-corrected chi connectivity index (χ3v) is 6.22. The maximum Gasteiger partial charge on any atom is 0.229 e. The molecule has 180 valence electrons. The van der Waals surface area contributed by atoms with Crippen LogP contribution in [0.5, 0.6) is 5.75 Å². The van der Waals surface area contributed by atoms with Crippen LogP contribution in [-0.4, -0.2) is 44.5 Å². The Kier molecular flexibility index (Phi) is 8.23. The van der Waals surface area contributed by atoms with Gasteiger partial charge >= 0.3 is 0 Å². The van der Waals surface area contributed by atoms with Gasteiger partial charge in [0.1, 0.15) is 18.2 Å². The van der Waals surface area contributed by atoms with Gasteiger partial charge in [0.2, 0.25) is 10.0 Å². The van der Waals surface area contributed by atoms with Gasteiger partial charge in [-0.25, -0.2) is 12.8 Å². The summed E-state index contributed by atoms with van der Waals surface area (Å²) in [4.78, 5) is 3.52. The minimum atomic E-state index is -3.61. The molecule has 0 saturated carbocycles. The Hall–Kier alpha value is -2.33. The van der Waals surface area contributed by atoms with Crippen molar-refractivity contribution in [1.29, 1.82) is 0 Å². The lowest BCUT2D eigenvalue weighted by molar-refractivity contribution is 0.172. The molecule has 1 heterocycles. The molecule has 33 heavy (non-hydrogen) atoms. The van der Waals surface area contributed by atoms with Gasteiger partial charge in [0, 0.05) is 35.8 Å². The average Bonchev–Trinajstić information content (AvgIpc) is 3.11. The van der Waals surface area contributed by atoms with Gasteiger partial charge in [-0.05, 0) is 61.1 Å². The number of hydrogen-bond donors (Lipinski definition) is 4. The molecule has 1 aliphatic rings. The molecule has 0 radical (unpaired) electrons. The highest BCUT2D eigenvalue weighted by Crippen LogP contribution is 2.31. The largest absolute Gasteiger partial charge is 0.492 e. The SMILES string of the molecule is CS(=O)(=O)Nc1cc([C@H](O)CNCCOc2ccc3c4c([nH]c3c2)CCCC4)ccc1F.Cl. The minimum Gasteiger partial charge on any atom is -0.492 e. The van der Waals surface area contributed by atoms with Crippen molar-refractivity contribution in [3.05, 3.63) is 59.0 Å². The number of benzene rings is 2. The van der Waals surface area contributed by atoms with Gasteiger partial charge < -0.3 is 20.1 Å². The fraction of sp³-hybridized carbons (Fsp3) is 0.391. The van der Waals surface area contributed by atoms with Crippen molar-refractivity contribution in [3.8, 4) is 5.75 Å². The molecule has 4 N–H and O–H groups in total. The first-order valence-corrected chi connectivity index (χ1v) is 12.6. The Morgan fingerprint density at radius 3 is 2.76 bits per heavy atom. The van der Waals surface area contributed by atoms with Crippen molar-refractivity contribution in [2.75, 3.05) is 30.7 Å². The molecular weight excluding hydrogens is 469 g/mol. The number of H-pyrrole nitrogens is 1. The third kappa shape index (κ3) is 6.38. The quantitative estimate of drug-likeness (QED) is 0.338. The standard InChI is InChI=1S/C23H28FN3O4S.ClH/c1-32(29,30)27-22-12-15(6-9-19(22)24)23(28)14-25-10-11-31-16-7-8-18-17-4-2-3-5-20(17)26-21(18)13-16;/h6-9,12-13,23,25-28H,2-5,10-11,14H2,1H3;1H/t23-;/m1./s1. The lowest BCUT2D eigenvalue weighted by atomic mass is 9.96. The smallest absolute Gasteiger partial charge is 0.229 e. The number of nitrogens with one attached hydrogen (secondary N) is 3. The van der Waals surface area contributed by atoms with Crippen LogP contribution >= 0.6 is 12.4 Å². The van der Waals surface area contributed by atoms with Crippen LogP contribution in [0.1, 0.15) is 35.8 Å². The zero-order chi connectivity index (χ0) is 22.7. The second-order valence-electron chi connectivity index (χ2n) is 8.18. The molecule has 0 fully saturated rings. The molecule has 3 aromatic rings. The van der Waals surface area contributed by atoms with E-state index in [1.165, 1.54) is 41.6 Å². The molecule has 0 aliphatic heterocycles. The summed E-state index contributed by atoms with van der Waals surface area (Å²) in [6.07, 6.45) is 4.72. The molecule has 7 nitrogen and oxygen atoms in total. The van der Waals surface area contributed by atoms with Gasteiger partial charge in [-0.1, -0.05) is 6.07 Å². The Morgan fingerprint density at radius 1 is 1.18 bits per heavy atom. The molecule has 1 aromatic heterocycles. The van der Waals surface area contributed by atoms with E-state index in [9.17, 15) is 17.9 Å². The molecule has 0 unspecified atom stereocenters. The number of halogens is 2. The zero-order valence-corrected chi connectivity index (χ0v) is 20.0. The molecule has 10 heteroatoms. The van der Waals surface area contributed by atoms with Crippen molar-refractivity contribution >= 4 is 39.0 Å². The summed E-state index contributed by atoms with van der Waals surface area (Å²) in [6, 6.07) is 9.97. The number of hydrogen-bond acceptors (Lipinski definition) is 5. The third-order valence-electron chi connectivity index (χ3n) is 5.63. The van der Waals surface area contributed by atoms with Crippen molar-refractivity contribution in [2.24, 2.45) is 0 Å². The summed E-state index contributed by atoms with van der Waals surface area (Å²) in [5.41, 5.74) is 4.10. The predicted molar refractivity (Wildman–Crippen MR) is 130 cm³/mol. The van der Waals surface area contributed by atoms with Crippen molar-refractivity contribution in [1.82, 2.24) is 10.3 Å². The zero-order valence-electron chi connectivity index (χ0n) is 18.4. The van der Waals surface area contributed by atoms with Gasteiger partial charge in [-0.15, -0.1) is 12.4 Å². The average molecular weight is 498 g/mol. The monoisotopic (exact) mass is 497 g/mol. The summed E-state index contributed by atoms with van der Waals surface area (Å²) in [5, 5.41) is 14.7. The van der Waals surface area contributed by atoms with E-state index in [4.69, 9.17) is 4.74 Å². The topological polar surface area (TPSA) is 103 Å². The molecular formula is C23H29ClFN3O4S. The highest BCUT2D eigenvalue weighted by atomic mass is 35.5. The van der Waals surface area contributed by atoms with Crippen LogP contribution in [-0.2, 0) is 22.9 Å². The molecule has 0 amide bonds. The molecule has 0 saturated heterocycles. The number of aliphatic hydroxyl groups excluding tert-OH is 1. The summed E-state index contributed by atoms with van der Waals surface area (Å²) < 4.78 is 44.4. The van der Waals surface area contributed by atoms with E-state index in [1.54, 1.807) is 0 Å². The molecule has 1 aliphatic carbocycles. The van der Waals surface area contributed by atoms with Crippen LogP contribution in [0.15, 0.2) is 36.4 Å². The summed E-state index contributed by atoms with van der Waals surface area (Å²) >= 11 is 0. The fourth-order valence-corrected chi connectivity index (χ4v) is 4.66. The highest BCUT2D eigenvalue weighted by molar-refractivity contribution is 7.92. The number of aromatic amines is 1. The Balaban J connectivity index is 0.00000306. The summed E-state index contributed by atoms with van der Waals surface area (Å²) in [5.74, 6) is 0.0843. The van der Waals surface area contributed by atoms with E-state index in [-0.39, 0.29) is 24.6 Å². The van der Waals surface area contributed by atoms with E-state index in [2.05, 4.69) is 21.1 Å². The number of aryl methyl sites for hydroxylation is 2. The van der Waals surface area contributed by atoms with Crippen LogP contribution in [0, 0.1) is 5.82 Å². The van der Waals surface area contributed by atoms with Crippen molar-refractivity contribution in [3.63, 3.8) is 0 Å². The molecule has 2 aromatic carbocycles. The number of aliphatic hydroxyl groups is 1. The molecule has 0 bridgehead atoms. The normalized spacial score (nSPS) is 14.4. The van der Waals surface area contributed by atoms with Gasteiger partial charge in [-0.2, -0.15) is 0 Å². The molecule has 0 spiro atoms. The lowest BCUT2D eigenvalue weighted by Gasteiger charge is -2.14. The van der Waals surface area contributed by atoms with Gasteiger partial charge in [0.05, 0.1) is 18.0 Å². The number of anilines is 1. The predicted octanol–water partition coefficient (Wildman–Crippen LogP) is 3.68. The van der Waals surface area contributed by atoms with E-state index < -0.39 is 21.9 Å². The van der Waals surface area contributed by atoms with Crippen LogP contribution in [0.4, 0.5) is 10.1 Å². The van der Waals surface area contributed by atoms with Crippen LogP contribution in [0.2, 0.25) is 0 Å². The number of fused-ring (bicyclic) bond motifs is 3. The van der Waals surface area contributed by atoms with E-state index in [0.717, 1.165) is 36.4 Å². The van der Waals surface area contributed by atoms with Crippen molar-refractivity contribution < 1.29 is 22.7 Å². The first-order chi connectivity index (χ1) is 15.3. The van der Waals surface area contributed by atoms with Gasteiger partial charge in [0.25, 0.3) is 0 Å². The number of aromatic nitrogens is 1. The Bertz CT molecular complexity index is 1220. The first kappa shape index (κ1) is 25.3. The maximum absolute atomic E-state index is 13.8. The lowest BCUT2D eigenvalue weighted by Crippen LogP contribution is -2.26. The van der Waals surface area contributed by atoms with Crippen LogP contribution in [0.25, 0.3) is 10.9 Å². The number of ether oxygens (including phenoxy) is 1. The van der Waals surface area contributed by atoms with Crippen LogP contribution < -0.4 is 14.8 Å². The first-order valence-electron chi connectivity index (χ1n) is 10.7. The Morgan fingerprint density at radius 2 is 1.97 bits per heavy atom. The second-order valence-corrected chi connectivity index (χ2v) is 9.93. The highest BCUT2D eigenvalue weighted by Gasteiger charge is 2.16.